The van der Waals surface area contributed by atoms with Gasteiger partial charge in [0.2, 0.25) is 0 Å². The lowest BCUT2D eigenvalue weighted by molar-refractivity contribution is 0.226. The molecule has 1 aliphatic heterocycles. The topological polar surface area (TPSA) is 45.5 Å². The maximum atomic E-state index is 4.54. The molecular weight excluding hydrogens is 262 g/mol. The van der Waals surface area contributed by atoms with Gasteiger partial charge in [0, 0.05) is 35.6 Å². The highest BCUT2D eigenvalue weighted by molar-refractivity contribution is 5.42. The van der Waals surface area contributed by atoms with Crippen molar-refractivity contribution in [3.8, 4) is 0 Å². The Morgan fingerprint density at radius 1 is 1.29 bits per heavy atom. The van der Waals surface area contributed by atoms with E-state index in [1.807, 2.05) is 23.7 Å². The van der Waals surface area contributed by atoms with Crippen molar-refractivity contribution in [2.24, 2.45) is 0 Å². The van der Waals surface area contributed by atoms with Crippen LogP contribution in [0.3, 0.4) is 0 Å². The molecule has 5 nitrogen and oxygen atoms in total. The van der Waals surface area contributed by atoms with Crippen LogP contribution in [0.1, 0.15) is 42.8 Å². The first-order valence-electron chi connectivity index (χ1n) is 7.81. The number of hydrogen-bond donors (Lipinski definition) is 1. The Balaban J connectivity index is 1.78. The highest BCUT2D eigenvalue weighted by Gasteiger charge is 2.20. The molecule has 0 spiro atoms. The van der Waals surface area contributed by atoms with E-state index in [4.69, 9.17) is 0 Å². The van der Waals surface area contributed by atoms with Crippen LogP contribution in [0, 0.1) is 13.8 Å². The van der Waals surface area contributed by atoms with Gasteiger partial charge in [-0.1, -0.05) is 0 Å². The summed E-state index contributed by atoms with van der Waals surface area (Å²) in [7, 11) is 2.20. The Morgan fingerprint density at radius 2 is 2.00 bits per heavy atom. The Morgan fingerprint density at radius 3 is 2.71 bits per heavy atom. The van der Waals surface area contributed by atoms with Crippen LogP contribution in [0.5, 0.6) is 0 Å². The summed E-state index contributed by atoms with van der Waals surface area (Å²) >= 11 is 0. The third kappa shape index (κ3) is 2.94. The maximum absolute atomic E-state index is 4.54. The average molecular weight is 287 g/mol. The standard InChI is InChI=1S/C16H25N5/c1-11-9-16-17-10-15(13(3)21(16)19-11)12(2)18-14-5-7-20(4)8-6-14/h9-10,12,14,18H,5-8H2,1-4H3. The van der Waals surface area contributed by atoms with Crippen LogP contribution in [-0.2, 0) is 0 Å². The molecule has 5 heteroatoms. The Labute approximate surface area is 126 Å². The van der Waals surface area contributed by atoms with Gasteiger partial charge in [-0.25, -0.2) is 9.50 Å². The van der Waals surface area contributed by atoms with Crippen molar-refractivity contribution in [3.05, 3.63) is 29.2 Å². The summed E-state index contributed by atoms with van der Waals surface area (Å²) in [5.41, 5.74) is 4.37. The molecule has 3 heterocycles. The van der Waals surface area contributed by atoms with Gasteiger partial charge < -0.3 is 10.2 Å². The van der Waals surface area contributed by atoms with Gasteiger partial charge in [0.15, 0.2) is 5.65 Å². The van der Waals surface area contributed by atoms with Gasteiger partial charge in [-0.15, -0.1) is 0 Å². The van der Waals surface area contributed by atoms with Crippen molar-refractivity contribution >= 4 is 5.65 Å². The van der Waals surface area contributed by atoms with E-state index < -0.39 is 0 Å². The third-order valence-electron chi connectivity index (χ3n) is 4.55. The minimum atomic E-state index is 0.305. The number of nitrogens with one attached hydrogen (secondary N) is 1. The fourth-order valence-corrected chi connectivity index (χ4v) is 3.22. The zero-order valence-corrected chi connectivity index (χ0v) is 13.4. The molecule has 2 aromatic rings. The fraction of sp³-hybridized carbons (Fsp3) is 0.625. The van der Waals surface area contributed by atoms with Crippen LogP contribution in [0.25, 0.3) is 5.65 Å². The molecule has 1 N–H and O–H groups in total. The zero-order chi connectivity index (χ0) is 15.0. The monoisotopic (exact) mass is 287 g/mol. The van der Waals surface area contributed by atoms with Gasteiger partial charge in [-0.2, -0.15) is 5.10 Å². The molecule has 1 unspecified atom stereocenters. The summed E-state index contributed by atoms with van der Waals surface area (Å²) in [5.74, 6) is 0. The molecule has 0 saturated carbocycles. The van der Waals surface area contributed by atoms with Crippen molar-refractivity contribution in [2.45, 2.75) is 45.7 Å². The van der Waals surface area contributed by atoms with E-state index >= 15 is 0 Å². The third-order valence-corrected chi connectivity index (χ3v) is 4.55. The second-order valence-corrected chi connectivity index (χ2v) is 6.32. The lowest BCUT2D eigenvalue weighted by Gasteiger charge is -2.32. The van der Waals surface area contributed by atoms with E-state index in [-0.39, 0.29) is 0 Å². The SMILES string of the molecule is Cc1cc2ncc(C(C)NC3CCN(C)CC3)c(C)n2n1. The van der Waals surface area contributed by atoms with Crippen LogP contribution < -0.4 is 5.32 Å². The average Bonchev–Trinajstić information content (AvgIpc) is 2.83. The quantitative estimate of drug-likeness (QED) is 0.939. The molecule has 0 aliphatic carbocycles. The number of nitrogens with zero attached hydrogens (tertiary/aromatic N) is 4. The van der Waals surface area contributed by atoms with Crippen LogP contribution in [-0.4, -0.2) is 45.7 Å². The first-order valence-corrected chi connectivity index (χ1v) is 7.81. The second kappa shape index (κ2) is 5.73. The number of likely N-dealkylation sites (tertiary alicyclic amines) is 1. The summed E-state index contributed by atoms with van der Waals surface area (Å²) < 4.78 is 1.96. The molecular formula is C16H25N5. The number of piperidine rings is 1. The predicted octanol–water partition coefficient (Wildman–Crippen LogP) is 2.09. The van der Waals surface area contributed by atoms with Gasteiger partial charge >= 0.3 is 0 Å². The van der Waals surface area contributed by atoms with Gasteiger partial charge in [0.05, 0.1) is 5.69 Å². The number of hydrogen-bond acceptors (Lipinski definition) is 4. The largest absolute Gasteiger partial charge is 0.307 e. The molecule has 1 fully saturated rings. The van der Waals surface area contributed by atoms with Gasteiger partial charge in [-0.05, 0) is 53.8 Å². The van der Waals surface area contributed by atoms with Crippen LogP contribution in [0.4, 0.5) is 0 Å². The molecule has 1 atom stereocenters. The van der Waals surface area contributed by atoms with Crippen LogP contribution in [0.2, 0.25) is 0 Å². The molecule has 0 aromatic carbocycles. The number of fused-ring (bicyclic) bond motifs is 1. The van der Waals surface area contributed by atoms with Crippen LogP contribution in [0.15, 0.2) is 12.3 Å². The van der Waals surface area contributed by atoms with Crippen molar-refractivity contribution in [2.75, 3.05) is 20.1 Å². The number of aromatic nitrogens is 3. The molecule has 2 aromatic heterocycles. The molecule has 1 aliphatic rings. The Hall–Kier alpha value is -1.46. The lowest BCUT2D eigenvalue weighted by Crippen LogP contribution is -2.41. The van der Waals surface area contributed by atoms with E-state index in [1.54, 1.807) is 0 Å². The Bertz CT molecular complexity index is 625. The normalized spacial score (nSPS) is 19.2. The van der Waals surface area contributed by atoms with Crippen molar-refractivity contribution in [1.82, 2.24) is 24.8 Å². The summed E-state index contributed by atoms with van der Waals surface area (Å²) in [6.45, 7) is 8.72. The predicted molar refractivity (Wildman–Crippen MR) is 84.5 cm³/mol. The van der Waals surface area contributed by atoms with Crippen molar-refractivity contribution in [1.29, 1.82) is 0 Å². The van der Waals surface area contributed by atoms with E-state index in [2.05, 4.69) is 41.2 Å². The highest BCUT2D eigenvalue weighted by atomic mass is 15.3. The minimum Gasteiger partial charge on any atom is -0.307 e. The first-order chi connectivity index (χ1) is 10.0. The summed E-state index contributed by atoms with van der Waals surface area (Å²) in [5, 5.41) is 8.29. The van der Waals surface area contributed by atoms with Crippen molar-refractivity contribution < 1.29 is 0 Å². The van der Waals surface area contributed by atoms with E-state index in [1.165, 1.54) is 37.2 Å². The van der Waals surface area contributed by atoms with E-state index in [0.29, 0.717) is 12.1 Å². The number of aryl methyl sites for hydroxylation is 2. The molecule has 3 rings (SSSR count). The zero-order valence-electron chi connectivity index (χ0n) is 13.4. The molecule has 21 heavy (non-hydrogen) atoms. The lowest BCUT2D eigenvalue weighted by atomic mass is 10.0. The maximum Gasteiger partial charge on any atom is 0.155 e. The highest BCUT2D eigenvalue weighted by Crippen LogP contribution is 2.20. The number of rotatable bonds is 3. The fourth-order valence-electron chi connectivity index (χ4n) is 3.22. The Kier molecular flexibility index (Phi) is 3.95. The molecule has 0 bridgehead atoms. The first kappa shape index (κ1) is 14.5. The summed E-state index contributed by atoms with van der Waals surface area (Å²) in [6.07, 6.45) is 4.44. The van der Waals surface area contributed by atoms with Gasteiger partial charge in [-0.3, -0.25) is 0 Å². The molecule has 0 radical (unpaired) electrons. The molecule has 0 amide bonds. The minimum absolute atomic E-state index is 0.305. The molecule has 114 valence electrons. The smallest absolute Gasteiger partial charge is 0.155 e. The van der Waals surface area contributed by atoms with Gasteiger partial charge in [0.25, 0.3) is 0 Å². The van der Waals surface area contributed by atoms with E-state index in [9.17, 15) is 0 Å². The molecule has 1 saturated heterocycles. The summed E-state index contributed by atoms with van der Waals surface area (Å²) in [4.78, 5) is 6.94. The second-order valence-electron chi connectivity index (χ2n) is 6.32. The van der Waals surface area contributed by atoms with Crippen LogP contribution >= 0.6 is 0 Å². The van der Waals surface area contributed by atoms with Gasteiger partial charge in [0.1, 0.15) is 0 Å². The summed E-state index contributed by atoms with van der Waals surface area (Å²) in [6, 6.07) is 2.93. The van der Waals surface area contributed by atoms with E-state index in [0.717, 1.165) is 11.3 Å². The van der Waals surface area contributed by atoms with Crippen molar-refractivity contribution in [3.63, 3.8) is 0 Å².